The Hall–Kier alpha value is -2.36. The van der Waals surface area contributed by atoms with Crippen molar-refractivity contribution < 1.29 is 9.90 Å². The lowest BCUT2D eigenvalue weighted by Gasteiger charge is -2.04. The van der Waals surface area contributed by atoms with Crippen molar-refractivity contribution in [1.82, 2.24) is 4.98 Å². The van der Waals surface area contributed by atoms with E-state index in [0.29, 0.717) is 0 Å². The van der Waals surface area contributed by atoms with Crippen molar-refractivity contribution in [1.29, 1.82) is 0 Å². The van der Waals surface area contributed by atoms with Gasteiger partial charge in [0.05, 0.1) is 5.56 Å². The third kappa shape index (κ3) is 1.86. The zero-order valence-corrected chi connectivity index (χ0v) is 8.42. The number of hydrogen-bond donors (Lipinski definition) is 2. The van der Waals surface area contributed by atoms with Crippen LogP contribution in [0, 0.1) is 0 Å². The summed E-state index contributed by atoms with van der Waals surface area (Å²) in [5.74, 6) is -1.02. The van der Waals surface area contributed by atoms with Crippen molar-refractivity contribution in [3.8, 4) is 11.1 Å². The number of anilines is 1. The summed E-state index contributed by atoms with van der Waals surface area (Å²) in [4.78, 5) is 14.8. The van der Waals surface area contributed by atoms with Gasteiger partial charge in [0.2, 0.25) is 0 Å². The molecule has 16 heavy (non-hydrogen) atoms. The van der Waals surface area contributed by atoms with E-state index in [9.17, 15) is 4.79 Å². The fourth-order valence-corrected chi connectivity index (χ4v) is 1.47. The molecule has 0 saturated heterocycles. The topological polar surface area (TPSA) is 76.2 Å². The first-order valence-electron chi connectivity index (χ1n) is 4.71. The predicted molar refractivity (Wildman–Crippen MR) is 61.0 cm³/mol. The van der Waals surface area contributed by atoms with Crippen LogP contribution >= 0.6 is 0 Å². The second-order valence-electron chi connectivity index (χ2n) is 3.35. The number of nitrogens with zero attached hydrogens (tertiary/aromatic N) is 1. The second-order valence-corrected chi connectivity index (χ2v) is 3.35. The van der Waals surface area contributed by atoms with Gasteiger partial charge in [-0.05, 0) is 23.8 Å². The maximum absolute atomic E-state index is 10.8. The molecule has 0 unspecified atom stereocenters. The average Bonchev–Trinajstić information content (AvgIpc) is 2.29. The van der Waals surface area contributed by atoms with Crippen molar-refractivity contribution in [3.05, 3.63) is 48.3 Å². The number of carboxylic acids is 1. The van der Waals surface area contributed by atoms with Crippen LogP contribution in [0.25, 0.3) is 11.1 Å². The lowest BCUT2D eigenvalue weighted by molar-refractivity contribution is 0.0698. The van der Waals surface area contributed by atoms with Crippen LogP contribution in [0.5, 0.6) is 0 Å². The fraction of sp³-hybridized carbons (Fsp3) is 0. The molecule has 80 valence electrons. The molecule has 0 radical (unpaired) electrons. The van der Waals surface area contributed by atoms with Crippen LogP contribution < -0.4 is 5.73 Å². The highest BCUT2D eigenvalue weighted by Gasteiger charge is 2.08. The van der Waals surface area contributed by atoms with Crippen molar-refractivity contribution in [2.24, 2.45) is 0 Å². The summed E-state index contributed by atoms with van der Waals surface area (Å²) in [7, 11) is 0. The largest absolute Gasteiger partial charge is 0.478 e. The number of rotatable bonds is 2. The molecule has 0 saturated carbocycles. The van der Waals surface area contributed by atoms with E-state index < -0.39 is 5.97 Å². The van der Waals surface area contributed by atoms with E-state index >= 15 is 0 Å². The van der Waals surface area contributed by atoms with Gasteiger partial charge >= 0.3 is 5.97 Å². The number of aromatic carboxylic acids is 1. The first-order valence-corrected chi connectivity index (χ1v) is 4.71. The van der Waals surface area contributed by atoms with Crippen LogP contribution in [0.15, 0.2) is 42.7 Å². The molecular formula is C12H10N2O2. The van der Waals surface area contributed by atoms with Gasteiger partial charge in [0.1, 0.15) is 0 Å². The first-order chi connectivity index (χ1) is 7.68. The number of pyridine rings is 1. The minimum Gasteiger partial charge on any atom is -0.478 e. The first kappa shape index (κ1) is 10.2. The van der Waals surface area contributed by atoms with Crippen LogP contribution in [-0.4, -0.2) is 16.1 Å². The molecule has 4 nitrogen and oxygen atoms in total. The molecule has 0 bridgehead atoms. The maximum Gasteiger partial charge on any atom is 0.337 e. The number of nitrogens with two attached hydrogens (primary N) is 1. The quantitative estimate of drug-likeness (QED) is 0.750. The van der Waals surface area contributed by atoms with E-state index in [1.807, 2.05) is 12.1 Å². The van der Waals surface area contributed by atoms with Crippen molar-refractivity contribution in [3.63, 3.8) is 0 Å². The summed E-state index contributed by atoms with van der Waals surface area (Å²) in [5.41, 5.74) is 7.80. The summed E-state index contributed by atoms with van der Waals surface area (Å²) >= 11 is 0. The van der Waals surface area contributed by atoms with E-state index in [2.05, 4.69) is 4.98 Å². The minimum absolute atomic E-state index is 0.118. The smallest absolute Gasteiger partial charge is 0.337 e. The lowest BCUT2D eigenvalue weighted by atomic mass is 10.0. The standard InChI is InChI=1S/C12H10N2O2/c13-11-6-8(3-4-10(11)12(15)16)9-2-1-5-14-7-9/h1-7H,13H2,(H,15,16). The highest BCUT2D eigenvalue weighted by atomic mass is 16.4. The molecular weight excluding hydrogens is 204 g/mol. The Balaban J connectivity index is 2.46. The van der Waals surface area contributed by atoms with Crippen LogP contribution in [0.4, 0.5) is 5.69 Å². The Morgan fingerprint density at radius 3 is 2.62 bits per heavy atom. The van der Waals surface area contributed by atoms with Gasteiger partial charge in [0.25, 0.3) is 0 Å². The zero-order chi connectivity index (χ0) is 11.5. The predicted octanol–water partition coefficient (Wildman–Crippen LogP) is 2.03. The Bertz CT molecular complexity index is 524. The number of aromatic nitrogens is 1. The van der Waals surface area contributed by atoms with Gasteiger partial charge in [-0.25, -0.2) is 4.79 Å². The normalized spacial score (nSPS) is 10.0. The van der Waals surface area contributed by atoms with E-state index in [1.165, 1.54) is 6.07 Å². The van der Waals surface area contributed by atoms with Crippen LogP contribution in [0.3, 0.4) is 0 Å². The minimum atomic E-state index is -1.02. The van der Waals surface area contributed by atoms with E-state index in [-0.39, 0.29) is 11.3 Å². The van der Waals surface area contributed by atoms with Crippen molar-refractivity contribution >= 4 is 11.7 Å². The van der Waals surface area contributed by atoms with Crippen LogP contribution in [0.2, 0.25) is 0 Å². The number of benzene rings is 1. The molecule has 0 aliphatic rings. The molecule has 2 rings (SSSR count). The monoisotopic (exact) mass is 214 g/mol. The van der Waals surface area contributed by atoms with Gasteiger partial charge in [-0.1, -0.05) is 12.1 Å². The van der Waals surface area contributed by atoms with Gasteiger partial charge in [-0.15, -0.1) is 0 Å². The van der Waals surface area contributed by atoms with Crippen molar-refractivity contribution in [2.45, 2.75) is 0 Å². The van der Waals surface area contributed by atoms with Gasteiger partial charge in [-0.2, -0.15) is 0 Å². The highest BCUT2D eigenvalue weighted by molar-refractivity contribution is 5.94. The molecule has 0 aliphatic heterocycles. The van der Waals surface area contributed by atoms with Gasteiger partial charge < -0.3 is 10.8 Å². The maximum atomic E-state index is 10.8. The molecule has 1 heterocycles. The van der Waals surface area contributed by atoms with Crippen LogP contribution in [-0.2, 0) is 0 Å². The van der Waals surface area contributed by atoms with Crippen molar-refractivity contribution in [2.75, 3.05) is 5.73 Å². The molecule has 0 aliphatic carbocycles. The molecule has 0 spiro atoms. The molecule has 1 aromatic heterocycles. The van der Waals surface area contributed by atoms with E-state index in [1.54, 1.807) is 24.5 Å². The lowest BCUT2D eigenvalue weighted by Crippen LogP contribution is -2.02. The molecule has 3 N–H and O–H groups in total. The number of carboxylic acid groups (broad SMARTS) is 1. The van der Waals surface area contributed by atoms with E-state index in [0.717, 1.165) is 11.1 Å². The average molecular weight is 214 g/mol. The second kappa shape index (κ2) is 4.02. The number of nitrogen functional groups attached to an aromatic ring is 1. The summed E-state index contributed by atoms with van der Waals surface area (Å²) in [6.45, 7) is 0. The molecule has 0 amide bonds. The summed E-state index contributed by atoms with van der Waals surface area (Å²) < 4.78 is 0. The Labute approximate surface area is 92.4 Å². The zero-order valence-electron chi connectivity index (χ0n) is 8.42. The number of carbonyl (C=O) groups is 1. The third-order valence-corrected chi connectivity index (χ3v) is 2.28. The molecule has 1 aromatic carbocycles. The fourth-order valence-electron chi connectivity index (χ4n) is 1.47. The van der Waals surface area contributed by atoms with Gasteiger partial charge in [0.15, 0.2) is 0 Å². The molecule has 0 fully saturated rings. The molecule has 2 aromatic rings. The highest BCUT2D eigenvalue weighted by Crippen LogP contribution is 2.23. The van der Waals surface area contributed by atoms with Crippen LogP contribution in [0.1, 0.15) is 10.4 Å². The summed E-state index contributed by atoms with van der Waals surface area (Å²) in [6.07, 6.45) is 3.38. The summed E-state index contributed by atoms with van der Waals surface area (Å²) in [5, 5.41) is 8.83. The Kier molecular flexibility index (Phi) is 2.55. The SMILES string of the molecule is Nc1cc(-c2cccnc2)ccc1C(=O)O. The summed E-state index contributed by atoms with van der Waals surface area (Å²) in [6, 6.07) is 8.57. The van der Waals surface area contributed by atoms with Gasteiger partial charge in [-0.3, -0.25) is 4.98 Å². The third-order valence-electron chi connectivity index (χ3n) is 2.28. The van der Waals surface area contributed by atoms with Gasteiger partial charge in [0, 0.05) is 23.6 Å². The Morgan fingerprint density at radius 1 is 1.25 bits per heavy atom. The molecule has 0 atom stereocenters. The van der Waals surface area contributed by atoms with E-state index in [4.69, 9.17) is 10.8 Å². The Morgan fingerprint density at radius 2 is 2.06 bits per heavy atom. The number of hydrogen-bond acceptors (Lipinski definition) is 3. The molecule has 4 heteroatoms.